The highest BCUT2D eigenvalue weighted by molar-refractivity contribution is 14.0. The number of benzene rings is 1. The lowest BCUT2D eigenvalue weighted by Crippen LogP contribution is -2.45. The maximum Gasteiger partial charge on any atom is 0.191 e. The molecule has 3 rings (SSSR count). The molecule has 184 valence electrons. The fourth-order valence-electron chi connectivity index (χ4n) is 3.85. The zero-order valence-electron chi connectivity index (χ0n) is 20.4. The van der Waals surface area contributed by atoms with Gasteiger partial charge in [0.15, 0.2) is 5.96 Å². The number of halogens is 1. The summed E-state index contributed by atoms with van der Waals surface area (Å²) in [6.07, 6.45) is 0. The summed E-state index contributed by atoms with van der Waals surface area (Å²) in [6, 6.07) is 12.4. The summed E-state index contributed by atoms with van der Waals surface area (Å²) in [7, 11) is 0. The SMILES string of the molecule is CCNC(=NCc1ccc(CN2CCN(CC)CC2)cc1)NCC(C)(O)c1ccc(C)o1.I. The molecule has 2 heterocycles. The zero-order chi connectivity index (χ0) is 23.0. The van der Waals surface area contributed by atoms with E-state index in [2.05, 4.69) is 56.6 Å². The lowest BCUT2D eigenvalue weighted by molar-refractivity contribution is 0.0378. The van der Waals surface area contributed by atoms with Gasteiger partial charge in [0.2, 0.25) is 0 Å². The number of nitrogens with zero attached hydrogens (tertiary/aromatic N) is 3. The van der Waals surface area contributed by atoms with Crippen molar-refractivity contribution >= 4 is 29.9 Å². The Morgan fingerprint density at radius 1 is 1.00 bits per heavy atom. The highest BCUT2D eigenvalue weighted by Gasteiger charge is 2.27. The smallest absolute Gasteiger partial charge is 0.191 e. The predicted molar refractivity (Wildman–Crippen MR) is 145 cm³/mol. The Labute approximate surface area is 215 Å². The molecule has 0 saturated carbocycles. The standard InChI is InChI=1S/C25H39N5O2.HI/c1-5-26-24(28-19-25(4,31)23-12-7-20(3)32-23)27-17-21-8-10-22(11-9-21)18-30-15-13-29(6-2)14-16-30;/h7-12,31H,5-6,13-19H2,1-4H3,(H2,26,27,28);1H. The molecule has 33 heavy (non-hydrogen) atoms. The van der Waals surface area contributed by atoms with Crippen LogP contribution in [0.25, 0.3) is 0 Å². The van der Waals surface area contributed by atoms with Gasteiger partial charge in [0.1, 0.15) is 17.1 Å². The molecule has 1 saturated heterocycles. The van der Waals surface area contributed by atoms with Crippen molar-refractivity contribution in [3.8, 4) is 0 Å². The number of aliphatic imine (C=N–C) groups is 1. The van der Waals surface area contributed by atoms with Gasteiger partial charge in [0.25, 0.3) is 0 Å². The molecule has 1 aromatic carbocycles. The molecule has 0 radical (unpaired) electrons. The molecule has 0 aliphatic carbocycles. The maximum absolute atomic E-state index is 10.7. The van der Waals surface area contributed by atoms with Gasteiger partial charge in [-0.25, -0.2) is 4.99 Å². The second-order valence-electron chi connectivity index (χ2n) is 8.76. The number of likely N-dealkylation sites (N-methyl/N-ethyl adjacent to an activating group) is 1. The van der Waals surface area contributed by atoms with Crippen LogP contribution in [-0.4, -0.2) is 66.7 Å². The van der Waals surface area contributed by atoms with Crippen molar-refractivity contribution in [1.29, 1.82) is 0 Å². The van der Waals surface area contributed by atoms with Crippen molar-refractivity contribution in [2.24, 2.45) is 4.99 Å². The molecular formula is C25H40IN5O2. The average molecular weight is 570 g/mol. The Hall–Kier alpha value is -1.62. The number of nitrogens with one attached hydrogen (secondary N) is 2. The van der Waals surface area contributed by atoms with Crippen LogP contribution in [0.5, 0.6) is 0 Å². The predicted octanol–water partition coefficient (Wildman–Crippen LogP) is 3.31. The number of hydrogen-bond acceptors (Lipinski definition) is 5. The molecular weight excluding hydrogens is 529 g/mol. The Morgan fingerprint density at radius 3 is 2.21 bits per heavy atom. The van der Waals surface area contributed by atoms with E-state index in [1.54, 1.807) is 6.92 Å². The molecule has 1 aliphatic heterocycles. The van der Waals surface area contributed by atoms with Crippen LogP contribution in [0.1, 0.15) is 43.4 Å². The van der Waals surface area contributed by atoms with Gasteiger partial charge in [-0.05, 0) is 50.6 Å². The third kappa shape index (κ3) is 8.59. The van der Waals surface area contributed by atoms with E-state index < -0.39 is 5.60 Å². The lowest BCUT2D eigenvalue weighted by Gasteiger charge is -2.34. The molecule has 0 spiro atoms. The van der Waals surface area contributed by atoms with E-state index in [0.29, 0.717) is 24.8 Å². The van der Waals surface area contributed by atoms with E-state index in [1.165, 1.54) is 5.56 Å². The molecule has 7 nitrogen and oxygen atoms in total. The zero-order valence-corrected chi connectivity index (χ0v) is 22.8. The largest absolute Gasteiger partial charge is 0.463 e. The minimum Gasteiger partial charge on any atom is -0.463 e. The highest BCUT2D eigenvalue weighted by Crippen LogP contribution is 2.21. The summed E-state index contributed by atoms with van der Waals surface area (Å²) in [5.74, 6) is 2.01. The van der Waals surface area contributed by atoms with Crippen LogP contribution in [0.4, 0.5) is 0 Å². The van der Waals surface area contributed by atoms with E-state index in [9.17, 15) is 5.11 Å². The van der Waals surface area contributed by atoms with E-state index in [1.807, 2.05) is 26.0 Å². The Balaban J connectivity index is 0.00000385. The fourth-order valence-corrected chi connectivity index (χ4v) is 3.85. The molecule has 3 N–H and O–H groups in total. The summed E-state index contributed by atoms with van der Waals surface area (Å²) in [5, 5.41) is 17.2. The van der Waals surface area contributed by atoms with Gasteiger partial charge in [0.05, 0.1) is 13.1 Å². The fraction of sp³-hybridized carbons (Fsp3) is 0.560. The van der Waals surface area contributed by atoms with E-state index >= 15 is 0 Å². The second-order valence-corrected chi connectivity index (χ2v) is 8.76. The van der Waals surface area contributed by atoms with Crippen LogP contribution < -0.4 is 10.6 Å². The number of aliphatic hydroxyl groups is 1. The first-order chi connectivity index (χ1) is 15.4. The van der Waals surface area contributed by atoms with Crippen LogP contribution in [0.3, 0.4) is 0 Å². The minimum absolute atomic E-state index is 0. The van der Waals surface area contributed by atoms with Gasteiger partial charge in [0, 0.05) is 39.3 Å². The van der Waals surface area contributed by atoms with Crippen LogP contribution in [0, 0.1) is 6.92 Å². The van der Waals surface area contributed by atoms with Gasteiger partial charge in [-0.1, -0.05) is 31.2 Å². The number of rotatable bonds is 9. The van der Waals surface area contributed by atoms with Gasteiger partial charge in [-0.3, -0.25) is 4.90 Å². The summed E-state index contributed by atoms with van der Waals surface area (Å²) >= 11 is 0. The minimum atomic E-state index is -1.12. The monoisotopic (exact) mass is 569 g/mol. The molecule has 0 amide bonds. The Morgan fingerprint density at radius 2 is 1.64 bits per heavy atom. The van der Waals surface area contributed by atoms with Gasteiger partial charge >= 0.3 is 0 Å². The number of piperazine rings is 1. The first-order valence-electron chi connectivity index (χ1n) is 11.7. The highest BCUT2D eigenvalue weighted by atomic mass is 127. The average Bonchev–Trinajstić information content (AvgIpc) is 3.24. The van der Waals surface area contributed by atoms with Crippen molar-refractivity contribution in [3.63, 3.8) is 0 Å². The van der Waals surface area contributed by atoms with E-state index in [0.717, 1.165) is 57.1 Å². The summed E-state index contributed by atoms with van der Waals surface area (Å²) in [5.41, 5.74) is 1.39. The van der Waals surface area contributed by atoms with Gasteiger partial charge in [-0.2, -0.15) is 0 Å². The molecule has 1 atom stereocenters. The van der Waals surface area contributed by atoms with E-state index in [-0.39, 0.29) is 24.0 Å². The first-order valence-corrected chi connectivity index (χ1v) is 11.7. The van der Waals surface area contributed by atoms with Crippen molar-refractivity contribution in [2.45, 2.75) is 46.4 Å². The van der Waals surface area contributed by atoms with Crippen LogP contribution in [0.2, 0.25) is 0 Å². The van der Waals surface area contributed by atoms with Crippen molar-refractivity contribution in [1.82, 2.24) is 20.4 Å². The third-order valence-corrected chi connectivity index (χ3v) is 5.98. The normalized spacial score (nSPS) is 17.3. The third-order valence-electron chi connectivity index (χ3n) is 5.98. The molecule has 1 unspecified atom stereocenters. The summed E-state index contributed by atoms with van der Waals surface area (Å²) in [6.45, 7) is 16.2. The van der Waals surface area contributed by atoms with Gasteiger partial charge in [-0.15, -0.1) is 24.0 Å². The number of aryl methyl sites for hydroxylation is 1. The molecule has 1 aromatic heterocycles. The maximum atomic E-state index is 10.7. The van der Waals surface area contributed by atoms with Crippen molar-refractivity contribution in [2.75, 3.05) is 45.8 Å². The first kappa shape index (κ1) is 27.6. The molecule has 8 heteroatoms. The second kappa shape index (κ2) is 13.3. The van der Waals surface area contributed by atoms with Crippen molar-refractivity contribution < 1.29 is 9.52 Å². The van der Waals surface area contributed by atoms with Crippen LogP contribution in [0.15, 0.2) is 45.8 Å². The number of furan rings is 1. The quantitative estimate of drug-likeness (QED) is 0.245. The molecule has 1 fully saturated rings. The topological polar surface area (TPSA) is 76.3 Å². The van der Waals surface area contributed by atoms with Gasteiger partial charge < -0.3 is 25.1 Å². The number of hydrogen-bond donors (Lipinski definition) is 3. The summed E-state index contributed by atoms with van der Waals surface area (Å²) < 4.78 is 5.59. The van der Waals surface area contributed by atoms with Crippen LogP contribution in [-0.2, 0) is 18.7 Å². The van der Waals surface area contributed by atoms with E-state index in [4.69, 9.17) is 4.42 Å². The molecule has 2 aromatic rings. The Kier molecular flexibility index (Phi) is 11.1. The molecule has 0 bridgehead atoms. The molecule has 1 aliphatic rings. The van der Waals surface area contributed by atoms with Crippen LogP contribution >= 0.6 is 24.0 Å². The Bertz CT molecular complexity index is 858. The lowest BCUT2D eigenvalue weighted by atomic mass is 10.0. The van der Waals surface area contributed by atoms with Crippen molar-refractivity contribution in [3.05, 3.63) is 59.0 Å². The number of guanidine groups is 1. The summed E-state index contributed by atoms with van der Waals surface area (Å²) in [4.78, 5) is 9.71.